The maximum Gasteiger partial charge on any atom is 0.162 e. The molecule has 0 bridgehead atoms. The van der Waals surface area contributed by atoms with Crippen molar-refractivity contribution in [1.82, 2.24) is 9.97 Å². The number of halogens is 1. The molecule has 0 atom stereocenters. The second kappa shape index (κ2) is 5.64. The Morgan fingerprint density at radius 1 is 1.29 bits per heavy atom. The van der Waals surface area contributed by atoms with E-state index in [1.165, 1.54) is 0 Å². The fourth-order valence-corrected chi connectivity index (χ4v) is 1.77. The molecule has 88 valence electrons. The summed E-state index contributed by atoms with van der Waals surface area (Å²) in [6, 6.07) is 7.01. The molecule has 2 rings (SSSR count). The highest BCUT2D eigenvalue weighted by Gasteiger charge is 2.05. The first-order valence-electron chi connectivity index (χ1n) is 5.52. The van der Waals surface area contributed by atoms with Gasteiger partial charge in [0, 0.05) is 28.9 Å². The topological polar surface area (TPSA) is 45.8 Å². The first-order valence-corrected chi connectivity index (χ1v) is 5.89. The highest BCUT2D eigenvalue weighted by Crippen LogP contribution is 2.12. The molecule has 0 aliphatic carbocycles. The number of rotatable bonds is 5. The average Bonchev–Trinajstić information content (AvgIpc) is 2.83. The van der Waals surface area contributed by atoms with E-state index in [4.69, 9.17) is 11.6 Å². The number of Topliss-reactive ketones (excluding diaryl/α,β-unsaturated/α-hetero) is 1. The summed E-state index contributed by atoms with van der Waals surface area (Å²) in [5, 5.41) is 0.652. The normalized spacial score (nSPS) is 10.4. The zero-order valence-electron chi connectivity index (χ0n) is 9.32. The minimum absolute atomic E-state index is 0.154. The van der Waals surface area contributed by atoms with E-state index in [-0.39, 0.29) is 5.78 Å². The first kappa shape index (κ1) is 11.9. The lowest BCUT2D eigenvalue weighted by Crippen LogP contribution is -1.99. The van der Waals surface area contributed by atoms with Crippen LogP contribution in [-0.2, 0) is 6.42 Å². The third-order valence-electron chi connectivity index (χ3n) is 2.57. The van der Waals surface area contributed by atoms with Crippen LogP contribution in [0.3, 0.4) is 0 Å². The molecule has 0 aliphatic heterocycles. The molecule has 17 heavy (non-hydrogen) atoms. The van der Waals surface area contributed by atoms with Gasteiger partial charge in [-0.2, -0.15) is 0 Å². The number of nitrogens with one attached hydrogen (secondary N) is 1. The fourth-order valence-electron chi connectivity index (χ4n) is 1.64. The van der Waals surface area contributed by atoms with Crippen molar-refractivity contribution in [3.63, 3.8) is 0 Å². The SMILES string of the molecule is O=C(CCCc1cnc[nH]1)c1ccc(Cl)cc1. The van der Waals surface area contributed by atoms with Crippen molar-refractivity contribution in [2.45, 2.75) is 19.3 Å². The quantitative estimate of drug-likeness (QED) is 0.826. The number of carbonyl (C=O) groups is 1. The molecule has 0 amide bonds. The van der Waals surface area contributed by atoms with Gasteiger partial charge in [-0.05, 0) is 37.1 Å². The van der Waals surface area contributed by atoms with Crippen LogP contribution in [0.5, 0.6) is 0 Å². The first-order chi connectivity index (χ1) is 8.25. The van der Waals surface area contributed by atoms with Crippen molar-refractivity contribution >= 4 is 17.4 Å². The van der Waals surface area contributed by atoms with Gasteiger partial charge in [-0.25, -0.2) is 4.98 Å². The third-order valence-corrected chi connectivity index (χ3v) is 2.82. The Morgan fingerprint density at radius 3 is 2.71 bits per heavy atom. The highest BCUT2D eigenvalue weighted by molar-refractivity contribution is 6.30. The van der Waals surface area contributed by atoms with Crippen LogP contribution < -0.4 is 0 Å². The van der Waals surface area contributed by atoms with Crippen molar-refractivity contribution < 1.29 is 4.79 Å². The minimum atomic E-state index is 0.154. The van der Waals surface area contributed by atoms with Gasteiger partial charge in [0.25, 0.3) is 0 Å². The zero-order chi connectivity index (χ0) is 12.1. The summed E-state index contributed by atoms with van der Waals surface area (Å²) >= 11 is 5.77. The summed E-state index contributed by atoms with van der Waals surface area (Å²) in [7, 11) is 0. The van der Waals surface area contributed by atoms with Gasteiger partial charge in [0.15, 0.2) is 5.78 Å². The van der Waals surface area contributed by atoms with Gasteiger partial charge in [0.2, 0.25) is 0 Å². The molecule has 0 spiro atoms. The Morgan fingerprint density at radius 2 is 2.06 bits per heavy atom. The summed E-state index contributed by atoms with van der Waals surface area (Å²) in [5.41, 5.74) is 1.79. The van der Waals surface area contributed by atoms with E-state index in [0.717, 1.165) is 24.1 Å². The smallest absolute Gasteiger partial charge is 0.162 e. The van der Waals surface area contributed by atoms with Crippen LogP contribution >= 0.6 is 11.6 Å². The number of hydrogen-bond donors (Lipinski definition) is 1. The highest BCUT2D eigenvalue weighted by atomic mass is 35.5. The summed E-state index contributed by atoms with van der Waals surface area (Å²) < 4.78 is 0. The molecule has 0 fully saturated rings. The number of ketones is 1. The minimum Gasteiger partial charge on any atom is -0.348 e. The standard InChI is InChI=1S/C13H13ClN2O/c14-11-6-4-10(5-7-11)13(17)3-1-2-12-8-15-9-16-12/h4-9H,1-3H2,(H,15,16). The molecule has 1 heterocycles. The Balaban J connectivity index is 1.83. The van der Waals surface area contributed by atoms with Gasteiger partial charge in [-0.15, -0.1) is 0 Å². The van der Waals surface area contributed by atoms with Gasteiger partial charge in [-0.1, -0.05) is 11.6 Å². The van der Waals surface area contributed by atoms with Crippen molar-refractivity contribution in [2.24, 2.45) is 0 Å². The molecular formula is C13H13ClN2O. The van der Waals surface area contributed by atoms with Crippen LogP contribution in [0.2, 0.25) is 5.02 Å². The molecule has 1 aromatic heterocycles. The molecule has 3 nitrogen and oxygen atoms in total. The van der Waals surface area contributed by atoms with Crippen molar-refractivity contribution in [3.05, 3.63) is 53.1 Å². The second-order valence-electron chi connectivity index (χ2n) is 3.86. The summed E-state index contributed by atoms with van der Waals surface area (Å²) in [5.74, 6) is 0.154. The number of carbonyl (C=O) groups excluding carboxylic acids is 1. The molecule has 2 aromatic rings. The number of benzene rings is 1. The lowest BCUT2D eigenvalue weighted by molar-refractivity contribution is 0.0980. The van der Waals surface area contributed by atoms with E-state index >= 15 is 0 Å². The van der Waals surface area contributed by atoms with Crippen LogP contribution in [0.15, 0.2) is 36.8 Å². The van der Waals surface area contributed by atoms with E-state index in [2.05, 4.69) is 9.97 Å². The van der Waals surface area contributed by atoms with Gasteiger partial charge in [0.1, 0.15) is 0 Å². The van der Waals surface area contributed by atoms with Crippen molar-refractivity contribution in [1.29, 1.82) is 0 Å². The number of aryl methyl sites for hydroxylation is 1. The maximum absolute atomic E-state index is 11.8. The van der Waals surface area contributed by atoms with Crippen LogP contribution in [0.4, 0.5) is 0 Å². The molecule has 0 unspecified atom stereocenters. The predicted octanol–water partition coefficient (Wildman–Crippen LogP) is 3.27. The van der Waals surface area contributed by atoms with Crippen LogP contribution in [0.1, 0.15) is 28.9 Å². The maximum atomic E-state index is 11.8. The molecule has 0 saturated carbocycles. The Labute approximate surface area is 105 Å². The second-order valence-corrected chi connectivity index (χ2v) is 4.30. The van der Waals surface area contributed by atoms with E-state index in [9.17, 15) is 4.79 Å². The lowest BCUT2D eigenvalue weighted by Gasteiger charge is -2.00. The molecular weight excluding hydrogens is 236 g/mol. The van der Waals surface area contributed by atoms with Crippen LogP contribution in [0, 0.1) is 0 Å². The largest absolute Gasteiger partial charge is 0.348 e. The monoisotopic (exact) mass is 248 g/mol. The van der Waals surface area contributed by atoms with Crippen molar-refractivity contribution in [3.8, 4) is 0 Å². The Bertz CT molecular complexity index is 477. The van der Waals surface area contributed by atoms with Crippen LogP contribution in [0.25, 0.3) is 0 Å². The number of aromatic nitrogens is 2. The Kier molecular flexibility index (Phi) is 3.94. The van der Waals surface area contributed by atoms with E-state index in [1.807, 2.05) is 0 Å². The van der Waals surface area contributed by atoms with Gasteiger partial charge >= 0.3 is 0 Å². The fraction of sp³-hybridized carbons (Fsp3) is 0.231. The molecule has 4 heteroatoms. The lowest BCUT2D eigenvalue weighted by atomic mass is 10.1. The molecule has 1 aromatic carbocycles. The number of imidazole rings is 1. The van der Waals surface area contributed by atoms with E-state index < -0.39 is 0 Å². The summed E-state index contributed by atoms with van der Waals surface area (Å²) in [4.78, 5) is 18.8. The van der Waals surface area contributed by atoms with E-state index in [1.54, 1.807) is 36.8 Å². The van der Waals surface area contributed by atoms with E-state index in [0.29, 0.717) is 11.4 Å². The molecule has 0 saturated heterocycles. The molecule has 0 aliphatic rings. The summed E-state index contributed by atoms with van der Waals surface area (Å²) in [6.07, 6.45) is 5.65. The zero-order valence-corrected chi connectivity index (χ0v) is 10.1. The number of hydrogen-bond acceptors (Lipinski definition) is 2. The molecule has 0 radical (unpaired) electrons. The number of aromatic amines is 1. The summed E-state index contributed by atoms with van der Waals surface area (Å²) in [6.45, 7) is 0. The molecule has 1 N–H and O–H groups in total. The number of nitrogens with zero attached hydrogens (tertiary/aromatic N) is 1. The van der Waals surface area contributed by atoms with Gasteiger partial charge in [-0.3, -0.25) is 4.79 Å². The van der Waals surface area contributed by atoms with Gasteiger partial charge < -0.3 is 4.98 Å². The number of H-pyrrole nitrogens is 1. The van der Waals surface area contributed by atoms with Crippen LogP contribution in [-0.4, -0.2) is 15.8 Å². The Hall–Kier alpha value is -1.61. The average molecular weight is 249 g/mol. The van der Waals surface area contributed by atoms with Crippen molar-refractivity contribution in [2.75, 3.05) is 0 Å². The predicted molar refractivity (Wildman–Crippen MR) is 67.3 cm³/mol. The van der Waals surface area contributed by atoms with Gasteiger partial charge in [0.05, 0.1) is 6.33 Å². The third kappa shape index (κ3) is 3.43.